The van der Waals surface area contributed by atoms with Crippen molar-refractivity contribution in [1.29, 1.82) is 0 Å². The lowest BCUT2D eigenvalue weighted by atomic mass is 10.1. The second-order valence-corrected chi connectivity index (χ2v) is 5.57. The molecule has 1 unspecified atom stereocenters. The van der Waals surface area contributed by atoms with E-state index in [2.05, 4.69) is 20.6 Å². The lowest BCUT2D eigenvalue weighted by Gasteiger charge is -2.05. The van der Waals surface area contributed by atoms with Gasteiger partial charge in [0.05, 0.1) is 19.7 Å². The van der Waals surface area contributed by atoms with E-state index < -0.39 is 12.7 Å². The average molecular weight is 307 g/mol. The van der Waals surface area contributed by atoms with Gasteiger partial charge in [-0.15, -0.1) is 10.2 Å². The monoisotopic (exact) mass is 307 g/mol. The van der Waals surface area contributed by atoms with Crippen LogP contribution in [-0.2, 0) is 11.3 Å². The molecule has 0 aromatic carbocycles. The molecule has 10 heteroatoms. The molecule has 1 fully saturated rings. The van der Waals surface area contributed by atoms with Crippen LogP contribution < -0.4 is 5.32 Å². The number of nitrogens with zero attached hydrogens (tertiary/aromatic N) is 4. The molecule has 0 amide bonds. The molecule has 1 atom stereocenters. The first kappa shape index (κ1) is 13.7. The number of alkyl halides is 3. The summed E-state index contributed by atoms with van der Waals surface area (Å²) in [4.78, 5) is 0.593. The molecule has 2 aromatic heterocycles. The number of halogens is 3. The molecule has 0 radical (unpaired) electrons. The summed E-state index contributed by atoms with van der Waals surface area (Å²) < 4.78 is 43.1. The van der Waals surface area contributed by atoms with Crippen LogP contribution in [0.2, 0.25) is 0 Å². The predicted molar refractivity (Wildman–Crippen MR) is 64.6 cm³/mol. The van der Waals surface area contributed by atoms with Gasteiger partial charge in [0.1, 0.15) is 5.01 Å². The highest BCUT2D eigenvalue weighted by atomic mass is 32.1. The van der Waals surface area contributed by atoms with Crippen molar-refractivity contribution in [1.82, 2.24) is 25.1 Å². The van der Waals surface area contributed by atoms with Crippen molar-refractivity contribution < 1.29 is 17.9 Å². The van der Waals surface area contributed by atoms with Crippen molar-refractivity contribution >= 4 is 16.3 Å². The molecule has 1 aliphatic heterocycles. The summed E-state index contributed by atoms with van der Waals surface area (Å²) in [5.74, 6) is 0.874. The zero-order valence-corrected chi connectivity index (χ0v) is 11.2. The fraction of sp³-hybridized carbons (Fsp3) is 0.700. The van der Waals surface area contributed by atoms with Gasteiger partial charge in [-0.05, 0) is 6.42 Å². The number of hydrogen-bond donors (Lipinski definition) is 1. The molecule has 20 heavy (non-hydrogen) atoms. The Morgan fingerprint density at radius 3 is 2.95 bits per heavy atom. The Morgan fingerprint density at radius 2 is 2.25 bits per heavy atom. The Balaban J connectivity index is 1.71. The van der Waals surface area contributed by atoms with Gasteiger partial charge in [0.25, 0.3) is 0 Å². The van der Waals surface area contributed by atoms with Gasteiger partial charge in [0.2, 0.25) is 4.96 Å². The molecule has 110 valence electrons. The third kappa shape index (κ3) is 2.91. The van der Waals surface area contributed by atoms with E-state index >= 15 is 0 Å². The van der Waals surface area contributed by atoms with E-state index in [1.807, 2.05) is 0 Å². The zero-order valence-electron chi connectivity index (χ0n) is 10.4. The van der Waals surface area contributed by atoms with Gasteiger partial charge in [-0.2, -0.15) is 22.8 Å². The van der Waals surface area contributed by atoms with E-state index in [0.717, 1.165) is 12.2 Å². The number of rotatable bonds is 4. The standard InChI is InChI=1S/C10H12F3N5OS/c11-10(12,13)5-14-3-7-17-18-8(6-1-2-19-4-6)15-16-9(18)20-7/h6,14H,1-5H2. The van der Waals surface area contributed by atoms with E-state index in [1.165, 1.54) is 11.3 Å². The first-order chi connectivity index (χ1) is 9.53. The van der Waals surface area contributed by atoms with Crippen LogP contribution >= 0.6 is 11.3 Å². The maximum Gasteiger partial charge on any atom is 0.401 e. The molecule has 1 N–H and O–H groups in total. The van der Waals surface area contributed by atoms with Crippen molar-refractivity contribution in [2.45, 2.75) is 25.1 Å². The van der Waals surface area contributed by atoms with Crippen molar-refractivity contribution in [2.24, 2.45) is 0 Å². The van der Waals surface area contributed by atoms with E-state index in [1.54, 1.807) is 4.52 Å². The van der Waals surface area contributed by atoms with E-state index in [4.69, 9.17) is 4.74 Å². The highest BCUT2D eigenvalue weighted by molar-refractivity contribution is 7.16. The average Bonchev–Trinajstić information content (AvgIpc) is 3.00. The summed E-state index contributed by atoms with van der Waals surface area (Å²) >= 11 is 1.24. The smallest absolute Gasteiger partial charge is 0.381 e. The molecule has 1 aliphatic rings. The van der Waals surface area contributed by atoms with Crippen LogP contribution in [0.1, 0.15) is 23.2 Å². The minimum absolute atomic E-state index is 0.0636. The maximum atomic E-state index is 12.1. The minimum atomic E-state index is -4.22. The van der Waals surface area contributed by atoms with Crippen LogP contribution in [0.4, 0.5) is 13.2 Å². The topological polar surface area (TPSA) is 64.3 Å². The van der Waals surface area contributed by atoms with Gasteiger partial charge in [0, 0.05) is 12.5 Å². The normalized spacial score (nSPS) is 20.1. The number of aromatic nitrogens is 4. The first-order valence-corrected chi connectivity index (χ1v) is 6.91. The Labute approximate surface area is 115 Å². The number of ether oxygens (including phenoxy) is 1. The Hall–Kier alpha value is -1.26. The SMILES string of the molecule is FC(F)(F)CNCc1nn2c(C3CCOC3)nnc2s1. The third-order valence-corrected chi connectivity index (χ3v) is 3.85. The Morgan fingerprint density at radius 1 is 1.40 bits per heavy atom. The number of hydrogen-bond acceptors (Lipinski definition) is 6. The third-order valence-electron chi connectivity index (χ3n) is 2.95. The van der Waals surface area contributed by atoms with E-state index in [9.17, 15) is 13.2 Å². The second kappa shape index (κ2) is 5.26. The summed E-state index contributed by atoms with van der Waals surface area (Å²) in [6, 6.07) is 0. The minimum Gasteiger partial charge on any atom is -0.381 e. The van der Waals surface area contributed by atoms with Crippen molar-refractivity contribution in [3.63, 3.8) is 0 Å². The molecule has 0 aliphatic carbocycles. The van der Waals surface area contributed by atoms with Crippen LogP contribution in [0.3, 0.4) is 0 Å². The summed E-state index contributed by atoms with van der Waals surface area (Å²) in [7, 11) is 0. The van der Waals surface area contributed by atoms with E-state index in [-0.39, 0.29) is 12.5 Å². The van der Waals surface area contributed by atoms with Gasteiger partial charge in [-0.25, -0.2) is 0 Å². The zero-order chi connectivity index (χ0) is 14.2. The molecule has 3 heterocycles. The maximum absolute atomic E-state index is 12.1. The number of nitrogens with one attached hydrogen (secondary N) is 1. The Bertz CT molecular complexity index is 589. The summed E-state index contributed by atoms with van der Waals surface area (Å²) in [5, 5.41) is 15.2. The van der Waals surface area contributed by atoms with Gasteiger partial charge >= 0.3 is 6.18 Å². The summed E-state index contributed by atoms with van der Waals surface area (Å²) in [6.07, 6.45) is -3.36. The van der Waals surface area contributed by atoms with E-state index in [0.29, 0.717) is 23.2 Å². The highest BCUT2D eigenvalue weighted by Gasteiger charge is 2.27. The van der Waals surface area contributed by atoms with Gasteiger partial charge in [0.15, 0.2) is 5.82 Å². The van der Waals surface area contributed by atoms with Crippen LogP contribution in [-0.4, -0.2) is 45.7 Å². The van der Waals surface area contributed by atoms with Crippen molar-refractivity contribution in [3.8, 4) is 0 Å². The van der Waals surface area contributed by atoms with Gasteiger partial charge in [-0.1, -0.05) is 11.3 Å². The molecule has 6 nitrogen and oxygen atoms in total. The molecule has 3 rings (SSSR count). The largest absolute Gasteiger partial charge is 0.401 e. The fourth-order valence-electron chi connectivity index (χ4n) is 2.05. The summed E-state index contributed by atoms with van der Waals surface area (Å²) in [5.41, 5.74) is 0. The Kier molecular flexibility index (Phi) is 3.61. The van der Waals surface area contributed by atoms with Crippen molar-refractivity contribution in [2.75, 3.05) is 19.8 Å². The van der Waals surface area contributed by atoms with Crippen LogP contribution in [0.25, 0.3) is 4.96 Å². The number of fused-ring (bicyclic) bond motifs is 1. The quantitative estimate of drug-likeness (QED) is 0.923. The molecule has 1 saturated heterocycles. The first-order valence-electron chi connectivity index (χ1n) is 6.09. The highest BCUT2D eigenvalue weighted by Crippen LogP contribution is 2.25. The summed E-state index contributed by atoms with van der Waals surface area (Å²) in [6.45, 7) is 0.300. The molecular formula is C10H12F3N5OS. The molecule has 0 spiro atoms. The second-order valence-electron chi connectivity index (χ2n) is 4.53. The van der Waals surface area contributed by atoms with Gasteiger partial charge < -0.3 is 10.1 Å². The molecule has 2 aromatic rings. The lowest BCUT2D eigenvalue weighted by Crippen LogP contribution is -2.28. The van der Waals surface area contributed by atoms with Crippen LogP contribution in [0, 0.1) is 0 Å². The molecular weight excluding hydrogens is 295 g/mol. The fourth-order valence-corrected chi connectivity index (χ4v) is 2.86. The lowest BCUT2D eigenvalue weighted by molar-refractivity contribution is -0.125. The molecule has 0 saturated carbocycles. The molecule has 0 bridgehead atoms. The van der Waals surface area contributed by atoms with Crippen molar-refractivity contribution in [3.05, 3.63) is 10.8 Å². The van der Waals surface area contributed by atoms with Crippen LogP contribution in [0.15, 0.2) is 0 Å². The van der Waals surface area contributed by atoms with Crippen LogP contribution in [0.5, 0.6) is 0 Å². The predicted octanol–water partition coefficient (Wildman–Crippen LogP) is 1.34. The van der Waals surface area contributed by atoms with Gasteiger partial charge in [-0.3, -0.25) is 0 Å².